The number of allylic oxidation sites excluding steroid dienone is 1. The van der Waals surface area contributed by atoms with Gasteiger partial charge in [0.1, 0.15) is 0 Å². The van der Waals surface area contributed by atoms with Gasteiger partial charge in [-0.25, -0.2) is 0 Å². The molecule has 0 nitrogen and oxygen atoms in total. The van der Waals surface area contributed by atoms with E-state index in [0.29, 0.717) is 0 Å². The van der Waals surface area contributed by atoms with Gasteiger partial charge in [0.2, 0.25) is 0 Å². The number of benzene rings is 1. The van der Waals surface area contributed by atoms with E-state index < -0.39 is 0 Å². The number of hydrogen-bond donors (Lipinski definition) is 0. The fourth-order valence-electron chi connectivity index (χ4n) is 2.14. The maximum Gasteiger partial charge on any atom is -0.00523 e. The van der Waals surface area contributed by atoms with Crippen molar-refractivity contribution >= 4 is 11.6 Å². The van der Waals surface area contributed by atoms with Crippen molar-refractivity contribution in [3.8, 4) is 0 Å². The third kappa shape index (κ3) is 2.43. The standard InChI is InChI=1S/C18H26/c1-8-15-12-10-11-13-16(15)14(3)18(6,7)17(4,5)9-2/h8,10-13H,1,3,9H2,2,4-7H3. The summed E-state index contributed by atoms with van der Waals surface area (Å²) in [6, 6.07) is 8.36. The van der Waals surface area contributed by atoms with E-state index in [0.717, 1.165) is 6.42 Å². The maximum absolute atomic E-state index is 4.37. The Kier molecular flexibility index (Phi) is 4.21. The summed E-state index contributed by atoms with van der Waals surface area (Å²) in [6.07, 6.45) is 3.05. The lowest BCUT2D eigenvalue weighted by Gasteiger charge is -2.43. The Hall–Kier alpha value is -1.30. The molecule has 18 heavy (non-hydrogen) atoms. The van der Waals surface area contributed by atoms with Crippen LogP contribution in [0.2, 0.25) is 0 Å². The van der Waals surface area contributed by atoms with Crippen LogP contribution in [-0.2, 0) is 0 Å². The average molecular weight is 242 g/mol. The van der Waals surface area contributed by atoms with Gasteiger partial charge in [0, 0.05) is 0 Å². The zero-order valence-corrected chi connectivity index (χ0v) is 12.5. The average Bonchev–Trinajstić information content (AvgIpc) is 2.37. The predicted octanol–water partition coefficient (Wildman–Crippen LogP) is 5.81. The third-order valence-corrected chi connectivity index (χ3v) is 4.84. The fraction of sp³-hybridized carbons (Fsp3) is 0.444. The Morgan fingerprint density at radius 3 is 2.22 bits per heavy atom. The van der Waals surface area contributed by atoms with E-state index in [1.165, 1.54) is 16.7 Å². The minimum Gasteiger partial charge on any atom is -0.0984 e. The Morgan fingerprint density at radius 1 is 1.17 bits per heavy atom. The lowest BCUT2D eigenvalue weighted by atomic mass is 9.61. The summed E-state index contributed by atoms with van der Waals surface area (Å²) in [5.74, 6) is 0. The van der Waals surface area contributed by atoms with Crippen molar-refractivity contribution in [1.82, 2.24) is 0 Å². The van der Waals surface area contributed by atoms with Crippen LogP contribution in [0.25, 0.3) is 11.6 Å². The van der Waals surface area contributed by atoms with Crippen molar-refractivity contribution in [2.24, 2.45) is 10.8 Å². The minimum absolute atomic E-state index is 0.0564. The highest BCUT2D eigenvalue weighted by Crippen LogP contribution is 2.49. The Morgan fingerprint density at radius 2 is 1.72 bits per heavy atom. The van der Waals surface area contributed by atoms with E-state index in [-0.39, 0.29) is 10.8 Å². The minimum atomic E-state index is 0.0564. The second-order valence-electron chi connectivity index (χ2n) is 6.13. The third-order valence-electron chi connectivity index (χ3n) is 4.84. The van der Waals surface area contributed by atoms with Gasteiger partial charge in [0.15, 0.2) is 0 Å². The summed E-state index contributed by atoms with van der Waals surface area (Å²) in [6.45, 7) is 19.7. The van der Waals surface area contributed by atoms with Crippen molar-refractivity contribution in [3.05, 3.63) is 48.6 Å². The van der Waals surface area contributed by atoms with Gasteiger partial charge < -0.3 is 0 Å². The molecule has 0 aliphatic heterocycles. The molecule has 0 N–H and O–H groups in total. The van der Waals surface area contributed by atoms with E-state index in [9.17, 15) is 0 Å². The lowest BCUT2D eigenvalue weighted by molar-refractivity contribution is 0.170. The Bertz CT molecular complexity index is 447. The van der Waals surface area contributed by atoms with Crippen LogP contribution in [0.3, 0.4) is 0 Å². The molecule has 1 aromatic carbocycles. The lowest BCUT2D eigenvalue weighted by Crippen LogP contribution is -2.33. The molecule has 0 saturated carbocycles. The van der Waals surface area contributed by atoms with Crippen LogP contribution in [0.15, 0.2) is 37.4 Å². The first kappa shape index (κ1) is 14.8. The summed E-state index contributed by atoms with van der Waals surface area (Å²) in [5.41, 5.74) is 3.87. The molecule has 0 atom stereocenters. The summed E-state index contributed by atoms with van der Waals surface area (Å²) in [5, 5.41) is 0. The smallest absolute Gasteiger partial charge is 0.00523 e. The molecular weight excluding hydrogens is 216 g/mol. The molecule has 0 saturated heterocycles. The van der Waals surface area contributed by atoms with Crippen molar-refractivity contribution < 1.29 is 0 Å². The molecule has 0 heteroatoms. The molecule has 0 amide bonds. The summed E-state index contributed by atoms with van der Waals surface area (Å²) < 4.78 is 0. The largest absolute Gasteiger partial charge is 0.0984 e. The van der Waals surface area contributed by atoms with Gasteiger partial charge in [-0.05, 0) is 27.5 Å². The second kappa shape index (κ2) is 5.14. The van der Waals surface area contributed by atoms with Crippen molar-refractivity contribution in [2.75, 3.05) is 0 Å². The van der Waals surface area contributed by atoms with Crippen LogP contribution in [0, 0.1) is 10.8 Å². The molecule has 0 bridgehead atoms. The molecule has 1 rings (SSSR count). The Balaban J connectivity index is 3.26. The van der Waals surface area contributed by atoms with E-state index in [1.54, 1.807) is 0 Å². The zero-order valence-electron chi connectivity index (χ0n) is 12.5. The molecule has 0 aliphatic carbocycles. The summed E-state index contributed by atoms with van der Waals surface area (Å²) in [4.78, 5) is 0. The molecule has 0 heterocycles. The van der Waals surface area contributed by atoms with Gasteiger partial charge in [-0.1, -0.05) is 84.5 Å². The molecule has 0 fully saturated rings. The Labute approximate surface area is 112 Å². The van der Waals surface area contributed by atoms with Gasteiger partial charge in [0.25, 0.3) is 0 Å². The van der Waals surface area contributed by atoms with Crippen LogP contribution >= 0.6 is 0 Å². The summed E-state index contributed by atoms with van der Waals surface area (Å²) >= 11 is 0. The maximum atomic E-state index is 4.37. The number of rotatable bonds is 5. The number of hydrogen-bond acceptors (Lipinski definition) is 0. The van der Waals surface area contributed by atoms with Crippen molar-refractivity contribution in [1.29, 1.82) is 0 Å². The SMILES string of the molecule is C=Cc1ccccc1C(=C)C(C)(C)C(C)(C)CC. The van der Waals surface area contributed by atoms with Crippen molar-refractivity contribution in [2.45, 2.75) is 41.0 Å². The van der Waals surface area contributed by atoms with Gasteiger partial charge in [-0.15, -0.1) is 0 Å². The van der Waals surface area contributed by atoms with Crippen LogP contribution < -0.4 is 0 Å². The second-order valence-corrected chi connectivity index (χ2v) is 6.13. The van der Waals surface area contributed by atoms with E-state index in [1.807, 2.05) is 12.1 Å². The van der Waals surface area contributed by atoms with Crippen LogP contribution in [0.4, 0.5) is 0 Å². The van der Waals surface area contributed by atoms with Crippen LogP contribution in [0.1, 0.15) is 52.2 Å². The normalized spacial score (nSPS) is 12.3. The van der Waals surface area contributed by atoms with Gasteiger partial charge in [-0.2, -0.15) is 0 Å². The van der Waals surface area contributed by atoms with E-state index >= 15 is 0 Å². The van der Waals surface area contributed by atoms with Crippen molar-refractivity contribution in [3.63, 3.8) is 0 Å². The fourth-order valence-corrected chi connectivity index (χ4v) is 2.14. The predicted molar refractivity (Wildman–Crippen MR) is 83.4 cm³/mol. The van der Waals surface area contributed by atoms with Crippen LogP contribution in [0.5, 0.6) is 0 Å². The molecule has 0 aromatic heterocycles. The quantitative estimate of drug-likeness (QED) is 0.611. The highest BCUT2D eigenvalue weighted by molar-refractivity contribution is 5.75. The molecule has 98 valence electrons. The summed E-state index contributed by atoms with van der Waals surface area (Å²) in [7, 11) is 0. The van der Waals surface area contributed by atoms with Crippen LogP contribution in [-0.4, -0.2) is 0 Å². The zero-order chi connectivity index (χ0) is 14.0. The molecule has 1 aromatic rings. The monoisotopic (exact) mass is 242 g/mol. The first-order valence-electron chi connectivity index (χ1n) is 6.69. The van der Waals surface area contributed by atoms with E-state index in [4.69, 9.17) is 0 Å². The van der Waals surface area contributed by atoms with Gasteiger partial charge in [-0.3, -0.25) is 0 Å². The highest BCUT2D eigenvalue weighted by atomic mass is 14.4. The molecular formula is C18H26. The van der Waals surface area contributed by atoms with E-state index in [2.05, 4.69) is 66.0 Å². The topological polar surface area (TPSA) is 0 Å². The first-order valence-corrected chi connectivity index (χ1v) is 6.69. The van der Waals surface area contributed by atoms with Gasteiger partial charge in [0.05, 0.1) is 0 Å². The molecule has 0 aliphatic rings. The molecule has 0 unspecified atom stereocenters. The molecule has 0 radical (unpaired) electrons. The highest BCUT2D eigenvalue weighted by Gasteiger charge is 2.38. The van der Waals surface area contributed by atoms with Gasteiger partial charge >= 0.3 is 0 Å². The first-order chi connectivity index (χ1) is 8.28. The molecule has 0 spiro atoms.